The Morgan fingerprint density at radius 2 is 2.00 bits per heavy atom. The average Bonchev–Trinajstić information content (AvgIpc) is 3.06. The second kappa shape index (κ2) is 6.85. The van der Waals surface area contributed by atoms with Crippen molar-refractivity contribution in [3.05, 3.63) is 54.5 Å². The van der Waals surface area contributed by atoms with Crippen LogP contribution < -0.4 is 4.90 Å². The van der Waals surface area contributed by atoms with E-state index in [1.807, 2.05) is 6.20 Å². The summed E-state index contributed by atoms with van der Waals surface area (Å²) in [5.74, 6) is 4.24. The largest absolute Gasteiger partial charge is 0.356 e. The van der Waals surface area contributed by atoms with Crippen molar-refractivity contribution in [1.82, 2.24) is 15.0 Å². The molecule has 0 spiro atoms. The third kappa shape index (κ3) is 3.13. The lowest BCUT2D eigenvalue weighted by molar-refractivity contribution is 0.286. The van der Waals surface area contributed by atoms with Gasteiger partial charge in [0.15, 0.2) is 0 Å². The van der Waals surface area contributed by atoms with E-state index in [1.165, 1.54) is 24.2 Å². The van der Waals surface area contributed by atoms with Crippen molar-refractivity contribution < 1.29 is 0 Å². The number of nitrogens with one attached hydrogen (secondary N) is 1. The van der Waals surface area contributed by atoms with Gasteiger partial charge < -0.3 is 9.88 Å². The number of hydrogen-bond acceptors (Lipinski definition) is 4. The van der Waals surface area contributed by atoms with Crippen LogP contribution in [0.5, 0.6) is 0 Å². The Hall–Kier alpha value is -2.01. The Balaban J connectivity index is 1.29. The van der Waals surface area contributed by atoms with Gasteiger partial charge in [-0.05, 0) is 36.1 Å². The first-order valence-corrected chi connectivity index (χ1v) is 9.59. The molecule has 1 fully saturated rings. The molecule has 0 radical (unpaired) electrons. The highest BCUT2D eigenvalue weighted by molar-refractivity contribution is 7.98. The molecule has 1 aliphatic carbocycles. The number of hydrogen-bond donors (Lipinski definition) is 1. The fraction of sp³-hybridized carbons (Fsp3) is 0.368. The molecule has 0 atom stereocenters. The van der Waals surface area contributed by atoms with Gasteiger partial charge in [0.05, 0.1) is 5.39 Å². The monoisotopic (exact) mass is 338 g/mol. The Bertz CT molecular complexity index is 795. The Labute approximate surface area is 146 Å². The number of aromatic amines is 1. The van der Waals surface area contributed by atoms with E-state index in [4.69, 9.17) is 0 Å². The van der Waals surface area contributed by atoms with Crippen LogP contribution in [0.3, 0.4) is 0 Å². The van der Waals surface area contributed by atoms with Crippen LogP contribution in [0.25, 0.3) is 11.0 Å². The fourth-order valence-corrected chi connectivity index (χ4v) is 4.53. The van der Waals surface area contributed by atoms with Gasteiger partial charge in [0.1, 0.15) is 17.8 Å². The maximum Gasteiger partial charge on any atom is 0.142 e. The summed E-state index contributed by atoms with van der Waals surface area (Å²) in [6.07, 6.45) is 6.10. The number of anilines is 1. The molecule has 24 heavy (non-hydrogen) atoms. The normalized spacial score (nSPS) is 20.0. The van der Waals surface area contributed by atoms with E-state index in [9.17, 15) is 0 Å². The number of aromatic nitrogens is 3. The van der Waals surface area contributed by atoms with Crippen LogP contribution >= 0.6 is 11.8 Å². The lowest BCUT2D eigenvalue weighted by Crippen LogP contribution is -2.43. The summed E-state index contributed by atoms with van der Waals surface area (Å²) in [7, 11) is 2.16. The SMILES string of the molecule is CN(c1ncnc2[nH]ccc12)C1CC(CSCc2ccccc2)C1. The van der Waals surface area contributed by atoms with Crippen LogP contribution in [0.1, 0.15) is 18.4 Å². The van der Waals surface area contributed by atoms with Gasteiger partial charge in [-0.25, -0.2) is 9.97 Å². The smallest absolute Gasteiger partial charge is 0.142 e. The summed E-state index contributed by atoms with van der Waals surface area (Å²) in [5, 5.41) is 1.11. The molecule has 0 saturated heterocycles. The molecule has 2 heterocycles. The summed E-state index contributed by atoms with van der Waals surface area (Å²) in [4.78, 5) is 14.3. The van der Waals surface area contributed by atoms with Gasteiger partial charge in [0.2, 0.25) is 0 Å². The van der Waals surface area contributed by atoms with Gasteiger partial charge in [-0.3, -0.25) is 0 Å². The van der Waals surface area contributed by atoms with E-state index in [0.29, 0.717) is 6.04 Å². The fourth-order valence-electron chi connectivity index (χ4n) is 3.38. The van der Waals surface area contributed by atoms with Crippen LogP contribution in [0.15, 0.2) is 48.9 Å². The van der Waals surface area contributed by atoms with Crippen LogP contribution in [-0.2, 0) is 5.75 Å². The lowest BCUT2D eigenvalue weighted by atomic mass is 9.81. The minimum Gasteiger partial charge on any atom is -0.356 e. The predicted molar refractivity (Wildman–Crippen MR) is 101 cm³/mol. The molecule has 1 saturated carbocycles. The molecule has 1 aromatic carbocycles. The lowest BCUT2D eigenvalue weighted by Gasteiger charge is -2.41. The first kappa shape index (κ1) is 15.5. The number of H-pyrrole nitrogens is 1. The van der Waals surface area contributed by atoms with E-state index in [2.05, 4.69) is 75.1 Å². The molecule has 3 aromatic rings. The molecular weight excluding hydrogens is 316 g/mol. The van der Waals surface area contributed by atoms with Crippen LogP contribution in [0.2, 0.25) is 0 Å². The molecule has 0 unspecified atom stereocenters. The maximum atomic E-state index is 4.50. The van der Waals surface area contributed by atoms with Crippen LogP contribution in [-0.4, -0.2) is 33.8 Å². The molecule has 0 amide bonds. The summed E-state index contributed by atoms with van der Waals surface area (Å²) in [6.45, 7) is 0. The van der Waals surface area contributed by atoms with E-state index < -0.39 is 0 Å². The van der Waals surface area contributed by atoms with Gasteiger partial charge in [0, 0.05) is 25.0 Å². The van der Waals surface area contributed by atoms with Crippen LogP contribution in [0, 0.1) is 5.92 Å². The van der Waals surface area contributed by atoms with Gasteiger partial charge in [-0.1, -0.05) is 30.3 Å². The zero-order chi connectivity index (χ0) is 16.4. The Morgan fingerprint density at radius 3 is 2.83 bits per heavy atom. The number of rotatable bonds is 6. The first-order chi connectivity index (χ1) is 11.8. The standard InChI is InChI=1S/C19H22N4S/c1-23(19-17-7-8-20-18(17)21-13-22-19)16-9-15(10-16)12-24-11-14-5-3-2-4-6-14/h2-8,13,15-16H,9-12H2,1H3,(H,20,21,22). The number of thioether (sulfide) groups is 1. The predicted octanol–water partition coefficient (Wildman–Crippen LogP) is 4.11. The second-order valence-corrected chi connectivity index (χ2v) is 7.57. The van der Waals surface area contributed by atoms with Crippen molar-refractivity contribution in [3.63, 3.8) is 0 Å². The number of benzene rings is 1. The molecule has 5 heteroatoms. The van der Waals surface area contributed by atoms with E-state index >= 15 is 0 Å². The third-order valence-corrected chi connectivity index (χ3v) is 6.14. The molecule has 124 valence electrons. The van der Waals surface area contributed by atoms with Crippen molar-refractivity contribution in [1.29, 1.82) is 0 Å². The first-order valence-electron chi connectivity index (χ1n) is 8.44. The van der Waals surface area contributed by atoms with Crippen molar-refractivity contribution in [2.75, 3.05) is 17.7 Å². The van der Waals surface area contributed by atoms with E-state index in [1.54, 1.807) is 6.33 Å². The molecular formula is C19H22N4S. The molecule has 1 N–H and O–H groups in total. The topological polar surface area (TPSA) is 44.8 Å². The Morgan fingerprint density at radius 1 is 1.17 bits per heavy atom. The van der Waals surface area contributed by atoms with Crippen LogP contribution in [0.4, 0.5) is 5.82 Å². The third-order valence-electron chi connectivity index (χ3n) is 4.89. The quantitative estimate of drug-likeness (QED) is 0.735. The van der Waals surface area contributed by atoms with Gasteiger partial charge in [-0.15, -0.1) is 0 Å². The summed E-state index contributed by atoms with van der Waals surface area (Å²) >= 11 is 2.05. The average molecular weight is 338 g/mol. The highest BCUT2D eigenvalue weighted by Crippen LogP contribution is 2.37. The van der Waals surface area contributed by atoms with Gasteiger partial charge >= 0.3 is 0 Å². The zero-order valence-electron chi connectivity index (χ0n) is 13.9. The zero-order valence-corrected chi connectivity index (χ0v) is 14.7. The molecule has 1 aliphatic rings. The number of fused-ring (bicyclic) bond motifs is 1. The van der Waals surface area contributed by atoms with Crippen molar-refractivity contribution in [2.24, 2.45) is 5.92 Å². The highest BCUT2D eigenvalue weighted by atomic mass is 32.2. The van der Waals surface area contributed by atoms with Gasteiger partial charge in [0.25, 0.3) is 0 Å². The molecule has 2 aromatic heterocycles. The van der Waals surface area contributed by atoms with Crippen molar-refractivity contribution >= 4 is 28.6 Å². The van der Waals surface area contributed by atoms with Gasteiger partial charge in [-0.2, -0.15) is 11.8 Å². The maximum absolute atomic E-state index is 4.50. The van der Waals surface area contributed by atoms with E-state index in [0.717, 1.165) is 28.5 Å². The van der Waals surface area contributed by atoms with Crippen molar-refractivity contribution in [2.45, 2.75) is 24.6 Å². The Kier molecular flexibility index (Phi) is 4.43. The summed E-state index contributed by atoms with van der Waals surface area (Å²) in [5.41, 5.74) is 2.34. The summed E-state index contributed by atoms with van der Waals surface area (Å²) < 4.78 is 0. The van der Waals surface area contributed by atoms with E-state index in [-0.39, 0.29) is 0 Å². The minimum absolute atomic E-state index is 0.598. The summed E-state index contributed by atoms with van der Waals surface area (Å²) in [6, 6.07) is 13.4. The second-order valence-electron chi connectivity index (χ2n) is 6.54. The molecule has 4 nitrogen and oxygen atoms in total. The van der Waals surface area contributed by atoms with Crippen molar-refractivity contribution in [3.8, 4) is 0 Å². The highest BCUT2D eigenvalue weighted by Gasteiger charge is 2.33. The molecule has 0 aliphatic heterocycles. The minimum atomic E-state index is 0.598. The molecule has 0 bridgehead atoms. The number of nitrogens with zero attached hydrogens (tertiary/aromatic N) is 3. The molecule has 4 rings (SSSR count).